The van der Waals surface area contributed by atoms with Crippen molar-refractivity contribution in [2.75, 3.05) is 6.61 Å². The normalized spacial score (nSPS) is 25.0. The molecule has 1 aliphatic rings. The van der Waals surface area contributed by atoms with E-state index in [0.29, 0.717) is 12.5 Å². The van der Waals surface area contributed by atoms with Gasteiger partial charge in [0.15, 0.2) is 23.3 Å². The molecule has 1 aromatic rings. The van der Waals surface area contributed by atoms with Gasteiger partial charge in [-0.3, -0.25) is 0 Å². The molecule has 0 saturated carbocycles. The molecule has 1 heterocycles. The van der Waals surface area contributed by atoms with Crippen molar-refractivity contribution in [1.29, 1.82) is 0 Å². The Balaban J connectivity index is 2.38. The van der Waals surface area contributed by atoms with Gasteiger partial charge < -0.3 is 9.84 Å². The topological polar surface area (TPSA) is 29.5 Å². The Bertz CT molecular complexity index is 436. The van der Waals surface area contributed by atoms with Crippen LogP contribution in [0.1, 0.15) is 24.5 Å². The Morgan fingerprint density at radius 3 is 2.47 bits per heavy atom. The van der Waals surface area contributed by atoms with Gasteiger partial charge in [0.25, 0.3) is 0 Å². The van der Waals surface area contributed by atoms with Crippen molar-refractivity contribution in [2.45, 2.75) is 25.0 Å². The zero-order chi connectivity index (χ0) is 12.6. The lowest BCUT2D eigenvalue weighted by Gasteiger charge is -2.27. The van der Waals surface area contributed by atoms with Crippen LogP contribution in [-0.4, -0.2) is 17.8 Å². The average molecular weight is 250 g/mol. The molecular formula is C11H10F4O2. The third-order valence-corrected chi connectivity index (χ3v) is 2.73. The van der Waals surface area contributed by atoms with E-state index in [1.54, 1.807) is 0 Å². The number of aliphatic hydroxyl groups excluding tert-OH is 1. The van der Waals surface area contributed by atoms with Crippen LogP contribution >= 0.6 is 0 Å². The Kier molecular flexibility index (Phi) is 3.35. The van der Waals surface area contributed by atoms with E-state index in [-0.39, 0.29) is 13.0 Å². The molecule has 2 nitrogen and oxygen atoms in total. The molecule has 0 aromatic heterocycles. The molecule has 0 amide bonds. The summed E-state index contributed by atoms with van der Waals surface area (Å²) in [6.45, 7) is 0.159. The minimum Gasteiger partial charge on any atom is -0.393 e. The fourth-order valence-corrected chi connectivity index (χ4v) is 1.82. The second kappa shape index (κ2) is 4.62. The molecule has 1 saturated heterocycles. The largest absolute Gasteiger partial charge is 0.393 e. The van der Waals surface area contributed by atoms with Crippen LogP contribution in [0, 0.1) is 23.3 Å². The molecule has 1 aromatic carbocycles. The lowest BCUT2D eigenvalue weighted by molar-refractivity contribution is -0.0465. The van der Waals surface area contributed by atoms with E-state index in [0.717, 1.165) is 0 Å². The fraction of sp³-hybridized carbons (Fsp3) is 0.455. The lowest BCUT2D eigenvalue weighted by Crippen LogP contribution is -2.24. The Hall–Kier alpha value is -1.14. The van der Waals surface area contributed by atoms with Gasteiger partial charge in [0.05, 0.1) is 12.2 Å². The molecule has 1 aliphatic heterocycles. The van der Waals surface area contributed by atoms with Crippen molar-refractivity contribution in [3.8, 4) is 0 Å². The minimum absolute atomic E-state index is 0.0292. The van der Waals surface area contributed by atoms with Crippen molar-refractivity contribution in [2.24, 2.45) is 0 Å². The molecule has 1 N–H and O–H groups in total. The molecule has 0 spiro atoms. The number of hydrogen-bond acceptors (Lipinski definition) is 2. The first-order valence-corrected chi connectivity index (χ1v) is 5.13. The summed E-state index contributed by atoms with van der Waals surface area (Å²) in [4.78, 5) is 0. The summed E-state index contributed by atoms with van der Waals surface area (Å²) >= 11 is 0. The molecule has 0 bridgehead atoms. The maximum atomic E-state index is 13.4. The van der Waals surface area contributed by atoms with Crippen molar-refractivity contribution in [1.82, 2.24) is 0 Å². The Morgan fingerprint density at radius 1 is 1.12 bits per heavy atom. The van der Waals surface area contributed by atoms with Crippen LogP contribution in [0.2, 0.25) is 0 Å². The molecule has 0 aliphatic carbocycles. The van der Waals surface area contributed by atoms with E-state index < -0.39 is 41.0 Å². The molecule has 2 rings (SSSR count). The first-order valence-electron chi connectivity index (χ1n) is 5.13. The predicted molar refractivity (Wildman–Crippen MR) is 50.2 cm³/mol. The maximum Gasteiger partial charge on any atom is 0.197 e. The third-order valence-electron chi connectivity index (χ3n) is 2.73. The van der Waals surface area contributed by atoms with Gasteiger partial charge in [-0.05, 0) is 12.5 Å². The Labute approximate surface area is 94.8 Å². The zero-order valence-electron chi connectivity index (χ0n) is 8.72. The predicted octanol–water partition coefficient (Wildman–Crippen LogP) is 2.46. The smallest absolute Gasteiger partial charge is 0.197 e. The number of rotatable bonds is 1. The summed E-state index contributed by atoms with van der Waals surface area (Å²) in [5, 5.41) is 9.36. The van der Waals surface area contributed by atoms with Gasteiger partial charge in [-0.25, -0.2) is 17.6 Å². The highest BCUT2D eigenvalue weighted by Crippen LogP contribution is 2.32. The van der Waals surface area contributed by atoms with E-state index in [4.69, 9.17) is 4.74 Å². The second-order valence-electron chi connectivity index (χ2n) is 3.93. The van der Waals surface area contributed by atoms with E-state index in [1.165, 1.54) is 0 Å². The molecule has 2 atom stereocenters. The molecule has 94 valence electrons. The van der Waals surface area contributed by atoms with Crippen LogP contribution < -0.4 is 0 Å². The number of benzene rings is 1. The highest BCUT2D eigenvalue weighted by molar-refractivity contribution is 5.24. The van der Waals surface area contributed by atoms with Gasteiger partial charge in [-0.1, -0.05) is 0 Å². The monoisotopic (exact) mass is 250 g/mol. The Morgan fingerprint density at radius 2 is 1.82 bits per heavy atom. The fourth-order valence-electron chi connectivity index (χ4n) is 1.82. The van der Waals surface area contributed by atoms with Crippen LogP contribution in [0.15, 0.2) is 6.07 Å². The minimum atomic E-state index is -1.86. The lowest BCUT2D eigenvalue weighted by atomic mass is 9.98. The van der Waals surface area contributed by atoms with Crippen molar-refractivity contribution >= 4 is 0 Å². The summed E-state index contributed by atoms with van der Waals surface area (Å²) in [5.74, 6) is -6.64. The van der Waals surface area contributed by atoms with Gasteiger partial charge in [0.1, 0.15) is 0 Å². The zero-order valence-corrected chi connectivity index (χ0v) is 8.72. The van der Waals surface area contributed by atoms with Crippen LogP contribution in [0.3, 0.4) is 0 Å². The summed E-state index contributed by atoms with van der Waals surface area (Å²) in [6, 6.07) is 0.566. The average Bonchev–Trinajstić information content (AvgIpc) is 2.31. The van der Waals surface area contributed by atoms with Crippen LogP contribution in [0.5, 0.6) is 0 Å². The first-order chi connectivity index (χ1) is 8.00. The van der Waals surface area contributed by atoms with Crippen molar-refractivity contribution in [3.63, 3.8) is 0 Å². The van der Waals surface area contributed by atoms with E-state index in [9.17, 15) is 22.7 Å². The third kappa shape index (κ3) is 2.28. The van der Waals surface area contributed by atoms with Gasteiger partial charge in [-0.15, -0.1) is 0 Å². The van der Waals surface area contributed by atoms with Crippen molar-refractivity contribution < 1.29 is 27.4 Å². The quantitative estimate of drug-likeness (QED) is 0.471. The SMILES string of the molecule is OC1CCOC(c2cc(F)c(F)c(F)c2F)C1. The highest BCUT2D eigenvalue weighted by Gasteiger charge is 2.28. The van der Waals surface area contributed by atoms with E-state index in [1.807, 2.05) is 0 Å². The second-order valence-corrected chi connectivity index (χ2v) is 3.93. The highest BCUT2D eigenvalue weighted by atomic mass is 19.2. The molecule has 2 unspecified atom stereocenters. The summed E-state index contributed by atoms with van der Waals surface area (Å²) in [6.07, 6.45) is -1.27. The van der Waals surface area contributed by atoms with E-state index in [2.05, 4.69) is 0 Å². The van der Waals surface area contributed by atoms with Crippen LogP contribution in [0.4, 0.5) is 17.6 Å². The molecule has 0 radical (unpaired) electrons. The first kappa shape index (κ1) is 12.3. The van der Waals surface area contributed by atoms with Gasteiger partial charge >= 0.3 is 0 Å². The van der Waals surface area contributed by atoms with Gasteiger partial charge in [0, 0.05) is 18.6 Å². The number of aliphatic hydroxyl groups is 1. The number of halogens is 4. The van der Waals surface area contributed by atoms with Gasteiger partial charge in [0.2, 0.25) is 0 Å². The number of hydrogen-bond donors (Lipinski definition) is 1. The van der Waals surface area contributed by atoms with Crippen LogP contribution in [-0.2, 0) is 4.74 Å². The summed E-state index contributed by atoms with van der Waals surface area (Å²) < 4.78 is 57.2. The summed E-state index contributed by atoms with van der Waals surface area (Å²) in [5.41, 5.74) is -0.403. The summed E-state index contributed by atoms with van der Waals surface area (Å²) in [7, 11) is 0. The molecule has 1 fully saturated rings. The van der Waals surface area contributed by atoms with Crippen LogP contribution in [0.25, 0.3) is 0 Å². The number of ether oxygens (including phenoxy) is 1. The molecule has 6 heteroatoms. The maximum absolute atomic E-state index is 13.4. The van der Waals surface area contributed by atoms with Gasteiger partial charge in [-0.2, -0.15) is 0 Å². The van der Waals surface area contributed by atoms with E-state index >= 15 is 0 Å². The molecular weight excluding hydrogens is 240 g/mol. The molecule has 17 heavy (non-hydrogen) atoms. The van der Waals surface area contributed by atoms with Crippen molar-refractivity contribution in [3.05, 3.63) is 34.9 Å². The standard InChI is InChI=1S/C11H10F4O2/c12-7-4-6(9(13)11(15)10(7)14)8-3-5(16)1-2-17-8/h4-5,8,16H,1-3H2.